The molecule has 0 aromatic heterocycles. The minimum absolute atomic E-state index is 0.0258. The predicted molar refractivity (Wildman–Crippen MR) is 46.7 cm³/mol. The summed E-state index contributed by atoms with van der Waals surface area (Å²) in [5.74, 6) is -0.914. The smallest absolute Gasteiger partial charge is 0.252 e. The number of aldehydes is 1. The van der Waals surface area contributed by atoms with Crippen LogP contribution in [0.25, 0.3) is 0 Å². The van der Waals surface area contributed by atoms with Crippen LogP contribution >= 0.6 is 0 Å². The number of hydrogen-bond acceptors (Lipinski definition) is 3. The highest BCUT2D eigenvalue weighted by Gasteiger charge is 2.10. The lowest BCUT2D eigenvalue weighted by Crippen LogP contribution is -2.12. The Labute approximate surface area is 75.0 Å². The highest BCUT2D eigenvalue weighted by Crippen LogP contribution is 2.22. The second-order valence-electron chi connectivity index (χ2n) is 2.72. The van der Waals surface area contributed by atoms with Gasteiger partial charge in [0.05, 0.1) is 5.56 Å². The lowest BCUT2D eigenvalue weighted by atomic mass is 10.1. The molecular formula is C9H9NO3. The number of carbonyl (C=O) groups excluding carboxylic acids is 2. The van der Waals surface area contributed by atoms with Crippen LogP contribution in [0.3, 0.4) is 0 Å². The van der Waals surface area contributed by atoms with Gasteiger partial charge in [-0.1, -0.05) is 0 Å². The van der Waals surface area contributed by atoms with Crippen molar-refractivity contribution < 1.29 is 14.7 Å². The van der Waals surface area contributed by atoms with E-state index in [9.17, 15) is 14.7 Å². The molecule has 0 aliphatic carbocycles. The van der Waals surface area contributed by atoms with Crippen molar-refractivity contribution in [3.63, 3.8) is 0 Å². The van der Waals surface area contributed by atoms with E-state index < -0.39 is 5.91 Å². The van der Waals surface area contributed by atoms with Crippen LogP contribution < -0.4 is 5.73 Å². The molecule has 68 valence electrons. The van der Waals surface area contributed by atoms with Crippen LogP contribution in [-0.2, 0) is 0 Å². The van der Waals surface area contributed by atoms with Gasteiger partial charge in [-0.15, -0.1) is 0 Å². The summed E-state index contributed by atoms with van der Waals surface area (Å²) in [4.78, 5) is 21.2. The van der Waals surface area contributed by atoms with Crippen LogP contribution in [0, 0.1) is 6.92 Å². The maximum absolute atomic E-state index is 10.8. The largest absolute Gasteiger partial charge is 0.507 e. The van der Waals surface area contributed by atoms with Crippen molar-refractivity contribution in [1.29, 1.82) is 0 Å². The van der Waals surface area contributed by atoms with Gasteiger partial charge in [-0.25, -0.2) is 0 Å². The van der Waals surface area contributed by atoms with Crippen LogP contribution in [0.5, 0.6) is 5.75 Å². The van der Waals surface area contributed by atoms with Crippen LogP contribution in [0.2, 0.25) is 0 Å². The zero-order valence-corrected chi connectivity index (χ0v) is 7.07. The molecule has 0 unspecified atom stereocenters. The van der Waals surface area contributed by atoms with E-state index >= 15 is 0 Å². The molecule has 0 aliphatic rings. The molecule has 4 heteroatoms. The first-order valence-electron chi connectivity index (χ1n) is 3.65. The van der Waals surface area contributed by atoms with Gasteiger partial charge in [0.25, 0.3) is 5.91 Å². The second kappa shape index (κ2) is 3.26. The molecule has 0 spiro atoms. The zero-order valence-electron chi connectivity index (χ0n) is 7.07. The standard InChI is InChI=1S/C9H9NO3/c1-5-2-6(4-11)3-7(8(5)12)9(10)13/h2-4,12H,1H3,(H2,10,13). The Morgan fingerprint density at radius 2 is 2.15 bits per heavy atom. The van der Waals surface area contributed by atoms with Crippen LogP contribution in [0.1, 0.15) is 26.3 Å². The van der Waals surface area contributed by atoms with Crippen LogP contribution in [-0.4, -0.2) is 17.3 Å². The van der Waals surface area contributed by atoms with Gasteiger partial charge in [0.15, 0.2) is 0 Å². The van der Waals surface area contributed by atoms with E-state index in [1.54, 1.807) is 6.92 Å². The van der Waals surface area contributed by atoms with E-state index in [1.807, 2.05) is 0 Å². The number of carbonyl (C=O) groups is 2. The lowest BCUT2D eigenvalue weighted by molar-refractivity contribution is 0.0997. The summed E-state index contributed by atoms with van der Waals surface area (Å²) in [7, 11) is 0. The number of aryl methyl sites for hydroxylation is 1. The SMILES string of the molecule is Cc1cc(C=O)cc(C(N)=O)c1O. The minimum Gasteiger partial charge on any atom is -0.507 e. The quantitative estimate of drug-likeness (QED) is 0.653. The van der Waals surface area contributed by atoms with Crippen LogP contribution in [0.4, 0.5) is 0 Å². The number of primary amides is 1. The van der Waals surface area contributed by atoms with E-state index in [1.165, 1.54) is 12.1 Å². The third-order valence-corrected chi connectivity index (χ3v) is 1.72. The molecule has 0 heterocycles. The molecule has 1 aromatic rings. The van der Waals surface area contributed by atoms with Gasteiger partial charge in [0.2, 0.25) is 0 Å². The van der Waals surface area contributed by atoms with Gasteiger partial charge in [0, 0.05) is 5.56 Å². The maximum atomic E-state index is 10.8. The van der Waals surface area contributed by atoms with E-state index in [-0.39, 0.29) is 11.3 Å². The number of phenols is 1. The second-order valence-corrected chi connectivity index (χ2v) is 2.72. The minimum atomic E-state index is -0.746. The average Bonchev–Trinajstić information content (AvgIpc) is 2.09. The van der Waals surface area contributed by atoms with E-state index in [0.717, 1.165) is 0 Å². The Hall–Kier alpha value is -1.84. The third kappa shape index (κ3) is 1.66. The summed E-state index contributed by atoms with van der Waals surface area (Å²) < 4.78 is 0. The van der Waals surface area contributed by atoms with E-state index in [4.69, 9.17) is 5.73 Å². The molecule has 13 heavy (non-hydrogen) atoms. The fourth-order valence-electron chi connectivity index (χ4n) is 1.06. The molecule has 4 nitrogen and oxygen atoms in total. The lowest BCUT2D eigenvalue weighted by Gasteiger charge is -2.04. The highest BCUT2D eigenvalue weighted by molar-refractivity contribution is 5.97. The highest BCUT2D eigenvalue weighted by atomic mass is 16.3. The van der Waals surface area contributed by atoms with Crippen molar-refractivity contribution in [2.45, 2.75) is 6.92 Å². The van der Waals surface area contributed by atoms with Gasteiger partial charge in [0.1, 0.15) is 12.0 Å². The van der Waals surface area contributed by atoms with E-state index in [2.05, 4.69) is 0 Å². The Kier molecular flexibility index (Phi) is 2.32. The molecule has 0 atom stereocenters. The predicted octanol–water partition coefficient (Wildman–Crippen LogP) is 0.612. The number of hydrogen-bond donors (Lipinski definition) is 2. The van der Waals surface area contributed by atoms with Crippen LogP contribution in [0.15, 0.2) is 12.1 Å². The van der Waals surface area contributed by atoms with Gasteiger partial charge < -0.3 is 10.8 Å². The fourth-order valence-corrected chi connectivity index (χ4v) is 1.06. The molecular weight excluding hydrogens is 170 g/mol. The van der Waals surface area contributed by atoms with Crippen molar-refractivity contribution in [3.05, 3.63) is 28.8 Å². The Balaban J connectivity index is 3.41. The molecule has 1 rings (SSSR count). The van der Waals surface area contributed by atoms with Gasteiger partial charge >= 0.3 is 0 Å². The third-order valence-electron chi connectivity index (χ3n) is 1.72. The Morgan fingerprint density at radius 1 is 1.54 bits per heavy atom. The first-order valence-corrected chi connectivity index (χ1v) is 3.65. The molecule has 1 aromatic carbocycles. The normalized spacial score (nSPS) is 9.62. The maximum Gasteiger partial charge on any atom is 0.252 e. The summed E-state index contributed by atoms with van der Waals surface area (Å²) in [6, 6.07) is 2.74. The molecule has 0 radical (unpaired) electrons. The molecule has 3 N–H and O–H groups in total. The molecule has 0 bridgehead atoms. The number of amides is 1. The summed E-state index contributed by atoms with van der Waals surface area (Å²) in [6.45, 7) is 1.59. The van der Waals surface area contributed by atoms with Crippen molar-refractivity contribution >= 4 is 12.2 Å². The van der Waals surface area contributed by atoms with Crippen molar-refractivity contribution in [2.24, 2.45) is 5.73 Å². The van der Waals surface area contributed by atoms with Gasteiger partial charge in [-0.3, -0.25) is 9.59 Å². The first kappa shape index (κ1) is 9.25. The Bertz CT molecular complexity index is 371. The summed E-state index contributed by atoms with van der Waals surface area (Å²) in [6.07, 6.45) is 0.596. The van der Waals surface area contributed by atoms with Gasteiger partial charge in [-0.2, -0.15) is 0 Å². The molecule has 0 saturated carbocycles. The van der Waals surface area contributed by atoms with Crippen molar-refractivity contribution in [3.8, 4) is 5.75 Å². The van der Waals surface area contributed by atoms with Gasteiger partial charge in [-0.05, 0) is 24.6 Å². The average molecular weight is 179 g/mol. The fraction of sp³-hybridized carbons (Fsp3) is 0.111. The van der Waals surface area contributed by atoms with Crippen molar-refractivity contribution in [2.75, 3.05) is 0 Å². The summed E-state index contributed by atoms with van der Waals surface area (Å²) in [5, 5.41) is 9.37. The van der Waals surface area contributed by atoms with Crippen molar-refractivity contribution in [1.82, 2.24) is 0 Å². The molecule has 0 saturated heterocycles. The number of benzene rings is 1. The molecule has 1 amide bonds. The summed E-state index contributed by atoms with van der Waals surface area (Å²) >= 11 is 0. The first-order chi connectivity index (χ1) is 6.06. The monoisotopic (exact) mass is 179 g/mol. The van der Waals surface area contributed by atoms with E-state index in [0.29, 0.717) is 17.4 Å². The Morgan fingerprint density at radius 3 is 2.62 bits per heavy atom. The zero-order chi connectivity index (χ0) is 10.0. The number of nitrogens with two attached hydrogens (primary N) is 1. The molecule has 0 aliphatic heterocycles. The number of rotatable bonds is 2. The topological polar surface area (TPSA) is 80.4 Å². The summed E-state index contributed by atoms with van der Waals surface area (Å²) in [5.41, 5.74) is 5.75. The molecule has 0 fully saturated rings. The number of aromatic hydroxyl groups is 1.